The van der Waals surface area contributed by atoms with Gasteiger partial charge < -0.3 is 5.32 Å². The molecule has 0 saturated heterocycles. The minimum absolute atomic E-state index is 0.150. The lowest BCUT2D eigenvalue weighted by Crippen LogP contribution is -2.01. The number of thioether (sulfide) groups is 1. The predicted octanol–water partition coefficient (Wildman–Crippen LogP) is 4.47. The molecule has 0 fully saturated rings. The minimum Gasteiger partial charge on any atom is -0.380 e. The van der Waals surface area contributed by atoms with E-state index in [4.69, 9.17) is 0 Å². The van der Waals surface area contributed by atoms with Crippen molar-refractivity contribution in [3.05, 3.63) is 59.4 Å². The third kappa shape index (κ3) is 3.05. The molecule has 0 radical (unpaired) electrons. The fourth-order valence-corrected chi connectivity index (χ4v) is 2.38. The lowest BCUT2D eigenvalue weighted by atomic mass is 10.1. The Morgan fingerprint density at radius 2 is 1.94 bits per heavy atom. The molecule has 0 bridgehead atoms. The molecule has 0 amide bonds. The van der Waals surface area contributed by atoms with Crippen molar-refractivity contribution < 1.29 is 4.39 Å². The van der Waals surface area contributed by atoms with E-state index in [0.29, 0.717) is 12.1 Å². The third-order valence-electron chi connectivity index (χ3n) is 2.81. The quantitative estimate of drug-likeness (QED) is 0.815. The first-order valence-corrected chi connectivity index (χ1v) is 7.05. The number of anilines is 1. The van der Waals surface area contributed by atoms with E-state index in [1.165, 1.54) is 11.0 Å². The molecule has 94 valence electrons. The molecule has 0 aliphatic carbocycles. The van der Waals surface area contributed by atoms with Gasteiger partial charge in [0.25, 0.3) is 0 Å². The van der Waals surface area contributed by atoms with E-state index >= 15 is 0 Å². The van der Waals surface area contributed by atoms with Gasteiger partial charge in [-0.25, -0.2) is 4.39 Å². The van der Waals surface area contributed by atoms with Crippen molar-refractivity contribution in [3.63, 3.8) is 0 Å². The van der Waals surface area contributed by atoms with Gasteiger partial charge >= 0.3 is 0 Å². The number of rotatable bonds is 4. The summed E-state index contributed by atoms with van der Waals surface area (Å²) in [6.45, 7) is 2.49. The molecule has 0 aliphatic rings. The summed E-state index contributed by atoms with van der Waals surface area (Å²) in [5.41, 5.74) is 2.89. The molecule has 0 atom stereocenters. The molecule has 0 heterocycles. The summed E-state index contributed by atoms with van der Waals surface area (Å²) in [5.74, 6) is -0.150. The first kappa shape index (κ1) is 13.0. The Hall–Kier alpha value is -1.48. The van der Waals surface area contributed by atoms with E-state index in [-0.39, 0.29) is 5.82 Å². The molecule has 0 aliphatic heterocycles. The Balaban J connectivity index is 2.09. The zero-order chi connectivity index (χ0) is 13.0. The normalized spacial score (nSPS) is 10.4. The van der Waals surface area contributed by atoms with Crippen molar-refractivity contribution in [2.75, 3.05) is 11.6 Å². The van der Waals surface area contributed by atoms with Crippen LogP contribution < -0.4 is 5.32 Å². The number of hydrogen-bond acceptors (Lipinski definition) is 2. The Kier molecular flexibility index (Phi) is 4.26. The summed E-state index contributed by atoms with van der Waals surface area (Å²) >= 11 is 1.71. The summed E-state index contributed by atoms with van der Waals surface area (Å²) in [5, 5.41) is 3.38. The molecule has 3 heteroatoms. The Bertz CT molecular complexity index is 540. The molecule has 2 aromatic carbocycles. The molecule has 0 saturated carbocycles. The van der Waals surface area contributed by atoms with E-state index in [0.717, 1.165) is 11.3 Å². The summed E-state index contributed by atoms with van der Waals surface area (Å²) in [4.78, 5) is 1.22. The summed E-state index contributed by atoms with van der Waals surface area (Å²) < 4.78 is 13.2. The van der Waals surface area contributed by atoms with Gasteiger partial charge in [0, 0.05) is 17.1 Å². The van der Waals surface area contributed by atoms with Crippen LogP contribution in [0.15, 0.2) is 47.4 Å². The summed E-state index contributed by atoms with van der Waals surface area (Å²) in [6, 6.07) is 13.4. The van der Waals surface area contributed by atoms with Crippen molar-refractivity contribution in [1.29, 1.82) is 0 Å². The van der Waals surface area contributed by atoms with Crippen molar-refractivity contribution in [1.82, 2.24) is 0 Å². The number of para-hydroxylation sites is 1. The van der Waals surface area contributed by atoms with E-state index in [1.807, 2.05) is 24.3 Å². The molecular weight excluding hydrogens is 245 g/mol. The van der Waals surface area contributed by atoms with Gasteiger partial charge in [0.1, 0.15) is 5.82 Å². The predicted molar refractivity (Wildman–Crippen MR) is 76.7 cm³/mol. The fraction of sp³-hybridized carbons (Fsp3) is 0.200. The van der Waals surface area contributed by atoms with Crippen LogP contribution in [0.4, 0.5) is 10.1 Å². The zero-order valence-corrected chi connectivity index (χ0v) is 11.4. The highest BCUT2D eigenvalue weighted by molar-refractivity contribution is 7.98. The molecule has 0 unspecified atom stereocenters. The van der Waals surface area contributed by atoms with E-state index in [1.54, 1.807) is 18.7 Å². The van der Waals surface area contributed by atoms with Crippen LogP contribution in [0.25, 0.3) is 0 Å². The molecule has 0 aromatic heterocycles. The van der Waals surface area contributed by atoms with Gasteiger partial charge in [0.2, 0.25) is 0 Å². The maximum Gasteiger partial charge on any atom is 0.126 e. The zero-order valence-electron chi connectivity index (χ0n) is 10.5. The van der Waals surface area contributed by atoms with Crippen LogP contribution in [0, 0.1) is 12.7 Å². The SMILES string of the molecule is CSc1ccccc1NCc1ccc(F)c(C)c1. The van der Waals surface area contributed by atoms with Gasteiger partial charge in [0.05, 0.1) is 0 Å². The largest absolute Gasteiger partial charge is 0.380 e. The average molecular weight is 261 g/mol. The monoisotopic (exact) mass is 261 g/mol. The highest BCUT2D eigenvalue weighted by atomic mass is 32.2. The minimum atomic E-state index is -0.150. The first-order chi connectivity index (χ1) is 8.70. The van der Waals surface area contributed by atoms with E-state index in [9.17, 15) is 4.39 Å². The van der Waals surface area contributed by atoms with Crippen LogP contribution in [0.5, 0.6) is 0 Å². The number of benzene rings is 2. The molecule has 1 nitrogen and oxygen atoms in total. The average Bonchev–Trinajstić information content (AvgIpc) is 2.40. The first-order valence-electron chi connectivity index (χ1n) is 5.82. The van der Waals surface area contributed by atoms with Crippen molar-refractivity contribution in [2.24, 2.45) is 0 Å². The van der Waals surface area contributed by atoms with Crippen LogP contribution in [0.1, 0.15) is 11.1 Å². The second-order valence-corrected chi connectivity index (χ2v) is 4.99. The van der Waals surface area contributed by atoms with Gasteiger partial charge in [-0.05, 0) is 42.5 Å². The van der Waals surface area contributed by atoms with E-state index in [2.05, 4.69) is 23.7 Å². The molecule has 0 spiro atoms. The van der Waals surface area contributed by atoms with Crippen LogP contribution in [-0.4, -0.2) is 6.26 Å². The fourth-order valence-electron chi connectivity index (χ4n) is 1.80. The van der Waals surface area contributed by atoms with E-state index < -0.39 is 0 Å². The van der Waals surface area contributed by atoms with Crippen LogP contribution in [-0.2, 0) is 6.54 Å². The van der Waals surface area contributed by atoms with Crippen molar-refractivity contribution in [3.8, 4) is 0 Å². The number of hydrogen-bond donors (Lipinski definition) is 1. The molecule has 2 aromatic rings. The Morgan fingerprint density at radius 3 is 2.67 bits per heavy atom. The smallest absolute Gasteiger partial charge is 0.126 e. The third-order valence-corrected chi connectivity index (χ3v) is 3.61. The molecule has 2 rings (SSSR count). The van der Waals surface area contributed by atoms with Crippen LogP contribution >= 0.6 is 11.8 Å². The van der Waals surface area contributed by atoms with Gasteiger partial charge in [-0.2, -0.15) is 0 Å². The Morgan fingerprint density at radius 1 is 1.17 bits per heavy atom. The molecular formula is C15H16FNS. The van der Waals surface area contributed by atoms with Gasteiger partial charge in [-0.1, -0.05) is 24.3 Å². The summed E-state index contributed by atoms with van der Waals surface area (Å²) in [7, 11) is 0. The highest BCUT2D eigenvalue weighted by Crippen LogP contribution is 2.25. The number of aryl methyl sites for hydroxylation is 1. The topological polar surface area (TPSA) is 12.0 Å². The van der Waals surface area contributed by atoms with Crippen molar-refractivity contribution in [2.45, 2.75) is 18.4 Å². The number of halogens is 1. The second kappa shape index (κ2) is 5.91. The van der Waals surface area contributed by atoms with Crippen LogP contribution in [0.3, 0.4) is 0 Å². The maximum atomic E-state index is 13.2. The molecule has 1 N–H and O–H groups in total. The van der Waals surface area contributed by atoms with Crippen molar-refractivity contribution >= 4 is 17.4 Å². The lowest BCUT2D eigenvalue weighted by Gasteiger charge is -2.11. The maximum absolute atomic E-state index is 13.2. The number of nitrogens with one attached hydrogen (secondary N) is 1. The van der Waals surface area contributed by atoms with Gasteiger partial charge in [-0.3, -0.25) is 0 Å². The lowest BCUT2D eigenvalue weighted by molar-refractivity contribution is 0.617. The van der Waals surface area contributed by atoms with Gasteiger partial charge in [0.15, 0.2) is 0 Å². The van der Waals surface area contributed by atoms with Gasteiger partial charge in [-0.15, -0.1) is 11.8 Å². The highest BCUT2D eigenvalue weighted by Gasteiger charge is 2.02. The standard InChI is InChI=1S/C15H16FNS/c1-11-9-12(7-8-13(11)16)10-17-14-5-3-4-6-15(14)18-2/h3-9,17H,10H2,1-2H3. The summed E-state index contributed by atoms with van der Waals surface area (Å²) in [6.07, 6.45) is 2.06. The second-order valence-electron chi connectivity index (χ2n) is 4.14. The molecule has 18 heavy (non-hydrogen) atoms. The Labute approximate surface area is 111 Å². The van der Waals surface area contributed by atoms with Crippen LogP contribution in [0.2, 0.25) is 0 Å².